The smallest absolute Gasteiger partial charge is 0.195 e. The molecule has 4 rings (SSSR count). The molecule has 25 heavy (non-hydrogen) atoms. The Bertz CT molecular complexity index is 839. The second kappa shape index (κ2) is 7.54. The van der Waals surface area contributed by atoms with Crippen molar-refractivity contribution in [2.24, 2.45) is 0 Å². The molecule has 1 aliphatic rings. The van der Waals surface area contributed by atoms with E-state index in [4.69, 9.17) is 0 Å². The molecule has 1 aromatic carbocycles. The standard InChI is InChI=1S/C19H19N3OS2/c23-16(17-9-5-12-24-17)8-4-13-25-19-21-20-18(14-10-11-14)22(19)15-6-2-1-3-7-15/h1-3,5-7,9,12,14H,4,8,10-11,13H2. The molecule has 0 N–H and O–H groups in total. The predicted molar refractivity (Wildman–Crippen MR) is 102 cm³/mol. The predicted octanol–water partition coefficient (Wildman–Crippen LogP) is 4.96. The number of carbonyl (C=O) groups is 1. The third-order valence-corrected chi connectivity index (χ3v) is 6.12. The van der Waals surface area contributed by atoms with Gasteiger partial charge >= 0.3 is 0 Å². The second-order valence-corrected chi connectivity index (χ2v) is 8.15. The van der Waals surface area contributed by atoms with Gasteiger partial charge in [-0.15, -0.1) is 21.5 Å². The zero-order valence-electron chi connectivity index (χ0n) is 13.8. The van der Waals surface area contributed by atoms with Crippen LogP contribution in [0.1, 0.15) is 47.1 Å². The highest BCUT2D eigenvalue weighted by Gasteiger charge is 2.30. The van der Waals surface area contributed by atoms with Gasteiger partial charge in [0.05, 0.1) is 4.88 Å². The minimum Gasteiger partial charge on any atom is -0.293 e. The molecule has 2 heterocycles. The van der Waals surface area contributed by atoms with E-state index in [9.17, 15) is 4.79 Å². The lowest BCUT2D eigenvalue weighted by Gasteiger charge is -2.09. The number of nitrogens with zero attached hydrogens (tertiary/aromatic N) is 3. The van der Waals surface area contributed by atoms with E-state index in [1.54, 1.807) is 11.8 Å². The Morgan fingerprint density at radius 3 is 2.72 bits per heavy atom. The van der Waals surface area contributed by atoms with Crippen LogP contribution in [0.3, 0.4) is 0 Å². The van der Waals surface area contributed by atoms with Crippen LogP contribution in [-0.2, 0) is 0 Å². The quantitative estimate of drug-likeness (QED) is 0.320. The monoisotopic (exact) mass is 369 g/mol. The summed E-state index contributed by atoms with van der Waals surface area (Å²) in [4.78, 5) is 12.9. The third-order valence-electron chi connectivity index (χ3n) is 4.19. The third kappa shape index (κ3) is 3.85. The van der Waals surface area contributed by atoms with Crippen molar-refractivity contribution >= 4 is 28.9 Å². The molecule has 6 heteroatoms. The molecule has 1 saturated carbocycles. The fourth-order valence-corrected chi connectivity index (χ4v) is 4.35. The van der Waals surface area contributed by atoms with Crippen LogP contribution < -0.4 is 0 Å². The number of thiophene rings is 1. The van der Waals surface area contributed by atoms with Crippen molar-refractivity contribution in [1.82, 2.24) is 14.8 Å². The Hall–Kier alpha value is -1.92. The number of ketones is 1. The van der Waals surface area contributed by atoms with Crippen LogP contribution in [0, 0.1) is 0 Å². The Balaban J connectivity index is 1.41. The first-order valence-electron chi connectivity index (χ1n) is 8.53. The van der Waals surface area contributed by atoms with Crippen molar-refractivity contribution < 1.29 is 4.79 Å². The van der Waals surface area contributed by atoms with Crippen LogP contribution in [0.4, 0.5) is 0 Å². The summed E-state index contributed by atoms with van der Waals surface area (Å²) < 4.78 is 2.18. The van der Waals surface area contributed by atoms with Crippen LogP contribution in [0.25, 0.3) is 5.69 Å². The summed E-state index contributed by atoms with van der Waals surface area (Å²) >= 11 is 3.20. The minimum atomic E-state index is 0.235. The fourth-order valence-electron chi connectivity index (χ4n) is 2.76. The highest BCUT2D eigenvalue weighted by Crippen LogP contribution is 2.41. The maximum atomic E-state index is 12.1. The number of para-hydroxylation sites is 1. The van der Waals surface area contributed by atoms with E-state index < -0.39 is 0 Å². The van der Waals surface area contributed by atoms with Crippen molar-refractivity contribution in [2.45, 2.75) is 36.8 Å². The van der Waals surface area contributed by atoms with Gasteiger partial charge in [0.15, 0.2) is 10.9 Å². The summed E-state index contributed by atoms with van der Waals surface area (Å²) in [5.74, 6) is 2.72. The zero-order valence-corrected chi connectivity index (χ0v) is 15.4. The molecule has 0 spiro atoms. The largest absolute Gasteiger partial charge is 0.293 e. The van der Waals surface area contributed by atoms with Crippen LogP contribution in [0.5, 0.6) is 0 Å². The molecular weight excluding hydrogens is 350 g/mol. The van der Waals surface area contributed by atoms with Gasteiger partial charge in [-0.3, -0.25) is 9.36 Å². The number of rotatable bonds is 8. The number of thioether (sulfide) groups is 1. The Morgan fingerprint density at radius 1 is 1.16 bits per heavy atom. The Morgan fingerprint density at radius 2 is 2.00 bits per heavy atom. The zero-order chi connectivity index (χ0) is 17.1. The van der Waals surface area contributed by atoms with E-state index in [0.717, 1.165) is 33.7 Å². The van der Waals surface area contributed by atoms with E-state index in [-0.39, 0.29) is 5.78 Å². The Labute approximate surface area is 155 Å². The number of aromatic nitrogens is 3. The van der Waals surface area contributed by atoms with Crippen molar-refractivity contribution in [3.05, 3.63) is 58.5 Å². The van der Waals surface area contributed by atoms with Gasteiger partial charge in [-0.25, -0.2) is 0 Å². The summed E-state index contributed by atoms with van der Waals surface area (Å²) in [5.41, 5.74) is 1.12. The van der Waals surface area contributed by atoms with E-state index in [1.807, 2.05) is 35.7 Å². The average Bonchev–Trinajstić information content (AvgIpc) is 3.18. The van der Waals surface area contributed by atoms with Gasteiger partial charge < -0.3 is 0 Å². The minimum absolute atomic E-state index is 0.235. The number of hydrogen-bond acceptors (Lipinski definition) is 5. The molecule has 3 aromatic rings. The fraction of sp³-hybridized carbons (Fsp3) is 0.316. The topological polar surface area (TPSA) is 47.8 Å². The van der Waals surface area contributed by atoms with Gasteiger partial charge in [0.1, 0.15) is 5.82 Å². The molecule has 2 aromatic heterocycles. The van der Waals surface area contributed by atoms with Gasteiger partial charge in [0.25, 0.3) is 0 Å². The molecule has 128 valence electrons. The first-order chi connectivity index (χ1) is 12.3. The van der Waals surface area contributed by atoms with Gasteiger partial charge in [-0.1, -0.05) is 36.0 Å². The highest BCUT2D eigenvalue weighted by atomic mass is 32.2. The van der Waals surface area contributed by atoms with Crippen LogP contribution >= 0.6 is 23.1 Å². The van der Waals surface area contributed by atoms with Crippen molar-refractivity contribution in [3.8, 4) is 5.69 Å². The first kappa shape index (κ1) is 16.5. The normalized spacial score (nSPS) is 13.9. The lowest BCUT2D eigenvalue weighted by atomic mass is 10.2. The molecule has 0 saturated heterocycles. The first-order valence-corrected chi connectivity index (χ1v) is 10.4. The lowest BCUT2D eigenvalue weighted by molar-refractivity contribution is 0.0986. The van der Waals surface area contributed by atoms with Crippen molar-refractivity contribution in [2.75, 3.05) is 5.75 Å². The average molecular weight is 370 g/mol. The maximum absolute atomic E-state index is 12.1. The van der Waals surface area contributed by atoms with Gasteiger partial charge in [0.2, 0.25) is 0 Å². The lowest BCUT2D eigenvalue weighted by Crippen LogP contribution is -2.02. The molecule has 0 unspecified atom stereocenters. The Kier molecular flexibility index (Phi) is 4.99. The van der Waals surface area contributed by atoms with Crippen molar-refractivity contribution in [3.63, 3.8) is 0 Å². The maximum Gasteiger partial charge on any atom is 0.195 e. The number of Topliss-reactive ketones (excluding diaryl/α,β-unsaturated/α-hetero) is 1. The van der Waals surface area contributed by atoms with E-state index in [1.165, 1.54) is 24.2 Å². The SMILES string of the molecule is O=C(CCCSc1nnc(C2CC2)n1-c1ccccc1)c1cccs1. The van der Waals surface area contributed by atoms with Gasteiger partial charge in [0, 0.05) is 23.8 Å². The van der Waals surface area contributed by atoms with E-state index in [0.29, 0.717) is 12.3 Å². The van der Waals surface area contributed by atoms with Crippen LogP contribution in [0.15, 0.2) is 53.0 Å². The van der Waals surface area contributed by atoms with Gasteiger partial charge in [-0.2, -0.15) is 0 Å². The summed E-state index contributed by atoms with van der Waals surface area (Å²) in [6.45, 7) is 0. The summed E-state index contributed by atoms with van der Waals surface area (Å²) in [6.07, 6.45) is 3.83. The molecule has 0 amide bonds. The highest BCUT2D eigenvalue weighted by molar-refractivity contribution is 7.99. The van der Waals surface area contributed by atoms with Crippen molar-refractivity contribution in [1.29, 1.82) is 0 Å². The molecular formula is C19H19N3OS2. The number of hydrogen-bond donors (Lipinski definition) is 0. The molecule has 4 nitrogen and oxygen atoms in total. The summed E-state index contributed by atoms with van der Waals surface area (Å²) in [6, 6.07) is 14.1. The molecule has 0 bridgehead atoms. The molecule has 0 aliphatic heterocycles. The van der Waals surface area contributed by atoms with E-state index >= 15 is 0 Å². The molecule has 1 fully saturated rings. The summed E-state index contributed by atoms with van der Waals surface area (Å²) in [5, 5.41) is 11.7. The van der Waals surface area contributed by atoms with Crippen LogP contribution in [0.2, 0.25) is 0 Å². The number of benzene rings is 1. The molecule has 1 aliphatic carbocycles. The second-order valence-electron chi connectivity index (χ2n) is 6.14. The molecule has 0 radical (unpaired) electrons. The van der Waals surface area contributed by atoms with E-state index in [2.05, 4.69) is 26.9 Å². The van der Waals surface area contributed by atoms with Crippen LogP contribution in [-0.4, -0.2) is 26.3 Å². The summed E-state index contributed by atoms with van der Waals surface area (Å²) in [7, 11) is 0. The molecule has 0 atom stereocenters. The van der Waals surface area contributed by atoms with Gasteiger partial charge in [-0.05, 0) is 42.8 Å². The number of carbonyl (C=O) groups excluding carboxylic acids is 1.